The van der Waals surface area contributed by atoms with Crippen molar-refractivity contribution in [2.45, 2.75) is 39.2 Å². The molecule has 6 heteroatoms. The summed E-state index contributed by atoms with van der Waals surface area (Å²) in [5.41, 5.74) is -0.203. The van der Waals surface area contributed by atoms with Gasteiger partial charge in [0, 0.05) is 18.6 Å². The van der Waals surface area contributed by atoms with E-state index in [0.29, 0.717) is 24.2 Å². The molecule has 0 bridgehead atoms. The van der Waals surface area contributed by atoms with Gasteiger partial charge in [0.05, 0.1) is 4.91 Å². The third kappa shape index (κ3) is 2.82. The highest BCUT2D eigenvalue weighted by Gasteiger charge is 2.48. The summed E-state index contributed by atoms with van der Waals surface area (Å²) in [6.07, 6.45) is 5.69. The zero-order chi connectivity index (χ0) is 14.3. The van der Waals surface area contributed by atoms with Gasteiger partial charge in [0.2, 0.25) is 10.0 Å². The molecule has 2 rings (SSSR count). The number of rotatable bonds is 3. The van der Waals surface area contributed by atoms with E-state index < -0.39 is 10.0 Å². The topological polar surface area (TPSA) is 66.4 Å². The lowest BCUT2D eigenvalue weighted by Crippen LogP contribution is -2.55. The minimum absolute atomic E-state index is 0.0845. The molecule has 1 heterocycles. The molecule has 0 spiro atoms. The minimum atomic E-state index is -3.39. The number of fused-ring (bicyclic) bond motifs is 1. The van der Waals surface area contributed by atoms with Crippen molar-refractivity contribution in [3.05, 3.63) is 21.5 Å². The summed E-state index contributed by atoms with van der Waals surface area (Å²) < 4.78 is 28.4. The van der Waals surface area contributed by atoms with Crippen molar-refractivity contribution in [1.82, 2.24) is 4.72 Å². The number of aliphatic hydroxyl groups excluding tert-OH is 1. The van der Waals surface area contributed by atoms with E-state index in [0.717, 1.165) is 4.48 Å². The van der Waals surface area contributed by atoms with Gasteiger partial charge in [-0.1, -0.05) is 41.9 Å². The van der Waals surface area contributed by atoms with Crippen LogP contribution in [0, 0.1) is 11.3 Å². The Bertz CT molecular complexity index is 522. The summed E-state index contributed by atoms with van der Waals surface area (Å²) in [6, 6.07) is -0.151. The van der Waals surface area contributed by atoms with Crippen LogP contribution in [0.1, 0.15) is 33.1 Å². The van der Waals surface area contributed by atoms with Gasteiger partial charge < -0.3 is 5.11 Å². The average molecular weight is 350 g/mol. The fraction of sp³-hybridized carbons (Fsp3) is 0.692. The fourth-order valence-electron chi connectivity index (χ4n) is 2.86. The van der Waals surface area contributed by atoms with Crippen LogP contribution in [0.15, 0.2) is 21.5 Å². The summed E-state index contributed by atoms with van der Waals surface area (Å²) in [5, 5.41) is 8.96. The van der Waals surface area contributed by atoms with Crippen molar-refractivity contribution < 1.29 is 13.5 Å². The molecular formula is C13H20BrNO3S. The first-order chi connectivity index (χ1) is 8.79. The predicted octanol–water partition coefficient (Wildman–Crippen LogP) is 2.27. The summed E-state index contributed by atoms with van der Waals surface area (Å²) in [7, 11) is -3.39. The van der Waals surface area contributed by atoms with Gasteiger partial charge in [-0.3, -0.25) is 0 Å². The molecule has 1 fully saturated rings. The van der Waals surface area contributed by atoms with E-state index in [1.54, 1.807) is 6.08 Å². The molecule has 0 amide bonds. The third-order valence-electron chi connectivity index (χ3n) is 4.11. The number of aliphatic hydroxyl groups is 1. The highest BCUT2D eigenvalue weighted by atomic mass is 79.9. The van der Waals surface area contributed by atoms with Crippen LogP contribution >= 0.6 is 15.9 Å². The van der Waals surface area contributed by atoms with Gasteiger partial charge >= 0.3 is 0 Å². The molecule has 0 aromatic heterocycles. The summed E-state index contributed by atoms with van der Waals surface area (Å²) in [6.45, 7) is 4.25. The van der Waals surface area contributed by atoms with Gasteiger partial charge in [0.15, 0.2) is 0 Å². The van der Waals surface area contributed by atoms with Crippen molar-refractivity contribution in [2.75, 3.05) is 6.61 Å². The first-order valence-corrected chi connectivity index (χ1v) is 8.76. The Labute approximate surface area is 123 Å². The Hall–Kier alpha value is -0.170. The van der Waals surface area contributed by atoms with Crippen molar-refractivity contribution in [3.63, 3.8) is 0 Å². The predicted molar refractivity (Wildman–Crippen MR) is 79.1 cm³/mol. The van der Waals surface area contributed by atoms with E-state index in [1.165, 1.54) is 0 Å². The minimum Gasteiger partial charge on any atom is -0.396 e. The van der Waals surface area contributed by atoms with Gasteiger partial charge in [0.25, 0.3) is 0 Å². The lowest BCUT2D eigenvalue weighted by molar-refractivity contribution is 0.180. The van der Waals surface area contributed by atoms with Crippen LogP contribution in [0.2, 0.25) is 0 Å². The molecule has 0 aromatic rings. The first-order valence-electron chi connectivity index (χ1n) is 6.48. The second-order valence-corrected chi connectivity index (χ2v) is 8.50. The van der Waals surface area contributed by atoms with E-state index in [4.69, 9.17) is 5.11 Å². The highest BCUT2D eigenvalue weighted by molar-refractivity contribution is 9.11. The van der Waals surface area contributed by atoms with Crippen molar-refractivity contribution in [1.29, 1.82) is 0 Å². The van der Waals surface area contributed by atoms with Crippen LogP contribution in [-0.2, 0) is 10.0 Å². The van der Waals surface area contributed by atoms with E-state index in [9.17, 15) is 8.42 Å². The molecule has 0 radical (unpaired) electrons. The molecule has 2 aliphatic rings. The number of allylic oxidation sites excluding steroid dienone is 4. The first kappa shape index (κ1) is 15.2. The monoisotopic (exact) mass is 349 g/mol. The molecule has 1 saturated heterocycles. The van der Waals surface area contributed by atoms with E-state index >= 15 is 0 Å². The molecule has 19 heavy (non-hydrogen) atoms. The average Bonchev–Trinajstić information content (AvgIpc) is 2.32. The lowest BCUT2D eigenvalue weighted by atomic mass is 9.70. The quantitative estimate of drug-likeness (QED) is 0.821. The molecule has 1 aliphatic heterocycles. The molecular weight excluding hydrogens is 330 g/mol. The maximum atomic E-state index is 12.3. The largest absolute Gasteiger partial charge is 0.396 e. The Morgan fingerprint density at radius 2 is 2.21 bits per heavy atom. The molecule has 0 unspecified atom stereocenters. The smallest absolute Gasteiger partial charge is 0.237 e. The van der Waals surface area contributed by atoms with Crippen LogP contribution in [0.5, 0.6) is 0 Å². The van der Waals surface area contributed by atoms with Crippen molar-refractivity contribution in [2.24, 2.45) is 11.3 Å². The zero-order valence-electron chi connectivity index (χ0n) is 11.2. The Morgan fingerprint density at radius 1 is 1.53 bits per heavy atom. The van der Waals surface area contributed by atoms with Crippen LogP contribution in [-0.4, -0.2) is 26.2 Å². The van der Waals surface area contributed by atoms with E-state index in [-0.39, 0.29) is 24.0 Å². The van der Waals surface area contributed by atoms with E-state index in [2.05, 4.69) is 34.5 Å². The number of hydrogen-bond acceptors (Lipinski definition) is 3. The maximum Gasteiger partial charge on any atom is 0.237 e. The number of nitrogens with one attached hydrogen (secondary N) is 1. The molecule has 2 atom stereocenters. The van der Waals surface area contributed by atoms with Crippen LogP contribution in [0.4, 0.5) is 0 Å². The second-order valence-electron chi connectivity index (χ2n) is 5.76. The van der Waals surface area contributed by atoms with E-state index in [1.807, 2.05) is 6.08 Å². The highest BCUT2D eigenvalue weighted by Crippen LogP contribution is 2.47. The summed E-state index contributed by atoms with van der Waals surface area (Å²) in [4.78, 5) is 0.487. The molecule has 108 valence electrons. The lowest BCUT2D eigenvalue weighted by Gasteiger charge is -2.46. The Balaban J connectivity index is 2.39. The molecule has 0 aromatic carbocycles. The normalized spacial score (nSPS) is 32.2. The zero-order valence-corrected chi connectivity index (χ0v) is 13.6. The number of sulfonamides is 1. The van der Waals surface area contributed by atoms with Gasteiger partial charge in [-0.15, -0.1) is 0 Å². The fourth-order valence-corrected chi connectivity index (χ4v) is 5.23. The standard InChI is InChI=1S/C13H20BrNO3S/c1-13(2)10-8-9(14)5-6-11(10)19(17,18)15-12(13)4-3-7-16/h6,8,10,12,15-16H,3-5,7H2,1-2H3/t10-,12-/m0/s1. The maximum absolute atomic E-state index is 12.3. The Kier molecular flexibility index (Phi) is 4.26. The van der Waals surface area contributed by atoms with Crippen LogP contribution in [0.3, 0.4) is 0 Å². The molecule has 4 nitrogen and oxygen atoms in total. The third-order valence-corrected chi connectivity index (χ3v) is 6.33. The van der Waals surface area contributed by atoms with Crippen molar-refractivity contribution in [3.8, 4) is 0 Å². The summed E-state index contributed by atoms with van der Waals surface area (Å²) >= 11 is 3.47. The molecule has 2 N–H and O–H groups in total. The SMILES string of the molecule is CC1(C)[C@H](CCCO)NS(=O)(=O)C2=CCC(Br)=C[C@@H]21. The van der Waals surface area contributed by atoms with Crippen molar-refractivity contribution >= 4 is 26.0 Å². The number of hydrogen-bond donors (Lipinski definition) is 2. The van der Waals surface area contributed by atoms with Crippen LogP contribution in [0.25, 0.3) is 0 Å². The second kappa shape index (κ2) is 5.31. The van der Waals surface area contributed by atoms with Gasteiger partial charge in [0.1, 0.15) is 0 Å². The summed E-state index contributed by atoms with van der Waals surface area (Å²) in [5.74, 6) is -0.106. The van der Waals surface area contributed by atoms with Gasteiger partial charge in [-0.05, 0) is 29.2 Å². The van der Waals surface area contributed by atoms with Crippen LogP contribution < -0.4 is 4.72 Å². The Morgan fingerprint density at radius 3 is 2.84 bits per heavy atom. The van der Waals surface area contributed by atoms with Gasteiger partial charge in [-0.25, -0.2) is 13.1 Å². The number of halogens is 1. The molecule has 1 aliphatic carbocycles. The molecule has 0 saturated carbocycles. The van der Waals surface area contributed by atoms with Gasteiger partial charge in [-0.2, -0.15) is 0 Å².